The summed E-state index contributed by atoms with van der Waals surface area (Å²) in [5, 5.41) is 2.02. The lowest BCUT2D eigenvalue weighted by Gasteiger charge is -2.14. The number of benzene rings is 1. The Morgan fingerprint density at radius 3 is 2.58 bits per heavy atom. The van der Waals surface area contributed by atoms with Crippen molar-refractivity contribution in [2.24, 2.45) is 0 Å². The van der Waals surface area contributed by atoms with Gasteiger partial charge < -0.3 is 10.1 Å². The molecule has 1 heterocycles. The van der Waals surface area contributed by atoms with Crippen LogP contribution in [0.2, 0.25) is 0 Å². The third kappa shape index (κ3) is 4.10. The molecule has 0 bridgehead atoms. The van der Waals surface area contributed by atoms with Crippen LogP contribution in [0.5, 0.6) is 0 Å². The fourth-order valence-electron chi connectivity index (χ4n) is 1.66. The Hall–Kier alpha value is -2.42. The molecule has 0 unspecified atom stereocenters. The molecule has 1 aromatic heterocycles. The van der Waals surface area contributed by atoms with Gasteiger partial charge in [-0.3, -0.25) is 9.78 Å². The summed E-state index contributed by atoms with van der Waals surface area (Å²) >= 11 is 3.13. The van der Waals surface area contributed by atoms with Crippen LogP contribution in [-0.2, 0) is 9.53 Å². The number of amides is 1. The van der Waals surface area contributed by atoms with E-state index in [0.717, 1.165) is 6.07 Å². The normalized spacial score (nSPS) is 11.7. The lowest BCUT2D eigenvalue weighted by Crippen LogP contribution is -2.30. The van der Waals surface area contributed by atoms with E-state index < -0.39 is 41.1 Å². The molecule has 0 radical (unpaired) electrons. The first-order chi connectivity index (χ1) is 11.3. The van der Waals surface area contributed by atoms with Gasteiger partial charge in [0.2, 0.25) is 0 Å². The van der Waals surface area contributed by atoms with Gasteiger partial charge in [0.25, 0.3) is 5.91 Å². The first kappa shape index (κ1) is 17.9. The predicted octanol–water partition coefficient (Wildman–Crippen LogP) is 3.45. The van der Waals surface area contributed by atoms with Gasteiger partial charge >= 0.3 is 5.97 Å². The van der Waals surface area contributed by atoms with Crippen LogP contribution in [0.25, 0.3) is 0 Å². The van der Waals surface area contributed by atoms with E-state index in [9.17, 15) is 22.8 Å². The number of aromatic nitrogens is 1. The zero-order chi connectivity index (χ0) is 17.9. The first-order valence-electron chi connectivity index (χ1n) is 6.55. The summed E-state index contributed by atoms with van der Waals surface area (Å²) in [5.41, 5.74) is -0.464. The van der Waals surface area contributed by atoms with Gasteiger partial charge in [0.05, 0.1) is 11.3 Å². The van der Waals surface area contributed by atoms with Crippen LogP contribution in [0, 0.1) is 17.5 Å². The molecular formula is C15H10BrF3N2O3. The van der Waals surface area contributed by atoms with Crippen LogP contribution in [0.4, 0.5) is 18.9 Å². The number of halogens is 4. The highest BCUT2D eigenvalue weighted by Crippen LogP contribution is 2.20. The fourth-order valence-corrected chi connectivity index (χ4v) is 2.03. The third-order valence-electron chi connectivity index (χ3n) is 2.89. The highest BCUT2D eigenvalue weighted by molar-refractivity contribution is 9.10. The number of rotatable bonds is 4. The highest BCUT2D eigenvalue weighted by Gasteiger charge is 2.22. The molecule has 126 valence electrons. The molecular weight excluding hydrogens is 393 g/mol. The lowest BCUT2D eigenvalue weighted by atomic mass is 10.2. The van der Waals surface area contributed by atoms with Gasteiger partial charge in [0.15, 0.2) is 23.6 Å². The summed E-state index contributed by atoms with van der Waals surface area (Å²) in [7, 11) is 0. The topological polar surface area (TPSA) is 68.3 Å². The maximum atomic E-state index is 13.5. The number of carbonyl (C=O) groups excluding carboxylic acids is 2. The molecule has 5 nitrogen and oxygen atoms in total. The summed E-state index contributed by atoms with van der Waals surface area (Å²) < 4.78 is 44.9. The average molecular weight is 403 g/mol. The monoisotopic (exact) mass is 402 g/mol. The minimum atomic E-state index is -1.71. The second kappa shape index (κ2) is 7.43. The fraction of sp³-hybridized carbons (Fsp3) is 0.133. The van der Waals surface area contributed by atoms with E-state index in [1.807, 2.05) is 5.32 Å². The molecule has 0 spiro atoms. The molecule has 1 aromatic carbocycles. The van der Waals surface area contributed by atoms with Crippen LogP contribution in [0.3, 0.4) is 0 Å². The van der Waals surface area contributed by atoms with Crippen LogP contribution in [-0.4, -0.2) is 23.0 Å². The number of carbonyl (C=O) groups is 2. The van der Waals surface area contributed by atoms with Gasteiger partial charge in [0, 0.05) is 16.9 Å². The molecule has 1 N–H and O–H groups in total. The van der Waals surface area contributed by atoms with E-state index in [2.05, 4.69) is 20.9 Å². The number of nitrogens with one attached hydrogen (secondary N) is 1. The van der Waals surface area contributed by atoms with Crippen LogP contribution >= 0.6 is 15.9 Å². The molecule has 24 heavy (non-hydrogen) atoms. The minimum absolute atomic E-state index is 0.100. The Bertz CT molecular complexity index is 802. The van der Waals surface area contributed by atoms with Crippen LogP contribution in [0.1, 0.15) is 17.3 Å². The van der Waals surface area contributed by atoms with E-state index >= 15 is 0 Å². The number of nitrogens with zero attached hydrogens (tertiary/aromatic N) is 1. The number of ether oxygens (including phenoxy) is 1. The largest absolute Gasteiger partial charge is 0.449 e. The maximum Gasteiger partial charge on any atom is 0.340 e. The van der Waals surface area contributed by atoms with Crippen molar-refractivity contribution in [3.63, 3.8) is 0 Å². The summed E-state index contributed by atoms with van der Waals surface area (Å²) in [5.74, 6) is -6.36. The molecule has 0 saturated carbocycles. The molecule has 9 heteroatoms. The Balaban J connectivity index is 2.05. The minimum Gasteiger partial charge on any atom is -0.449 e. The molecule has 0 aliphatic heterocycles. The average Bonchev–Trinajstić information content (AvgIpc) is 2.55. The Labute approximate surface area is 143 Å². The molecule has 0 saturated heterocycles. The van der Waals surface area contributed by atoms with Crippen molar-refractivity contribution < 1.29 is 27.5 Å². The van der Waals surface area contributed by atoms with Crippen molar-refractivity contribution in [2.75, 3.05) is 5.32 Å². The van der Waals surface area contributed by atoms with Gasteiger partial charge in [-0.05, 0) is 41.1 Å². The van der Waals surface area contributed by atoms with Gasteiger partial charge in [-0.15, -0.1) is 0 Å². The van der Waals surface area contributed by atoms with E-state index in [-0.39, 0.29) is 5.56 Å². The molecule has 0 aliphatic carbocycles. The molecule has 2 aromatic rings. The maximum absolute atomic E-state index is 13.5. The van der Waals surface area contributed by atoms with E-state index in [4.69, 9.17) is 4.74 Å². The standard InChI is InChI=1S/C15H10BrF3N2O3/c1-7(24-15(23)8-4-9(16)6-20-5-8)14(22)21-11-3-2-10(17)12(18)13(11)19/h2-7H,1H3,(H,21,22)/t7-/m0/s1. The van der Waals surface area contributed by atoms with Crippen molar-refractivity contribution in [3.05, 3.63) is 58.1 Å². The van der Waals surface area contributed by atoms with Gasteiger partial charge in [0.1, 0.15) is 0 Å². The lowest BCUT2D eigenvalue weighted by molar-refractivity contribution is -0.123. The number of pyridine rings is 1. The zero-order valence-electron chi connectivity index (χ0n) is 12.1. The molecule has 0 aliphatic rings. The summed E-state index contributed by atoms with van der Waals surface area (Å²) in [4.78, 5) is 27.6. The van der Waals surface area contributed by atoms with Crippen LogP contribution in [0.15, 0.2) is 35.1 Å². The van der Waals surface area contributed by atoms with Crippen molar-refractivity contribution in [3.8, 4) is 0 Å². The SMILES string of the molecule is C[C@H](OC(=O)c1cncc(Br)c1)C(=O)Nc1ccc(F)c(F)c1F. The summed E-state index contributed by atoms with van der Waals surface area (Å²) in [6, 6.07) is 2.96. The van der Waals surface area contributed by atoms with E-state index in [0.29, 0.717) is 10.5 Å². The van der Waals surface area contributed by atoms with Gasteiger partial charge in [-0.1, -0.05) is 0 Å². The third-order valence-corrected chi connectivity index (χ3v) is 3.32. The summed E-state index contributed by atoms with van der Waals surface area (Å²) in [6.07, 6.45) is 1.40. The highest BCUT2D eigenvalue weighted by atomic mass is 79.9. The number of anilines is 1. The smallest absolute Gasteiger partial charge is 0.340 e. The second-order valence-electron chi connectivity index (χ2n) is 4.65. The van der Waals surface area contributed by atoms with Crippen molar-refractivity contribution in [2.45, 2.75) is 13.0 Å². The zero-order valence-corrected chi connectivity index (χ0v) is 13.7. The van der Waals surface area contributed by atoms with Crippen LogP contribution < -0.4 is 5.32 Å². The van der Waals surface area contributed by atoms with Gasteiger partial charge in [-0.2, -0.15) is 0 Å². The number of hydrogen-bond donors (Lipinski definition) is 1. The Kier molecular flexibility index (Phi) is 5.55. The Morgan fingerprint density at radius 1 is 1.21 bits per heavy atom. The quantitative estimate of drug-likeness (QED) is 0.628. The van der Waals surface area contributed by atoms with Crippen molar-refractivity contribution in [1.82, 2.24) is 4.98 Å². The first-order valence-corrected chi connectivity index (χ1v) is 7.34. The predicted molar refractivity (Wildman–Crippen MR) is 81.8 cm³/mol. The van der Waals surface area contributed by atoms with Crippen molar-refractivity contribution in [1.29, 1.82) is 0 Å². The number of esters is 1. The Morgan fingerprint density at radius 2 is 1.92 bits per heavy atom. The molecule has 1 amide bonds. The van der Waals surface area contributed by atoms with Crippen molar-refractivity contribution >= 4 is 33.5 Å². The molecule has 0 fully saturated rings. The van der Waals surface area contributed by atoms with E-state index in [1.165, 1.54) is 25.4 Å². The summed E-state index contributed by atoms with van der Waals surface area (Å²) in [6.45, 7) is 1.25. The second-order valence-corrected chi connectivity index (χ2v) is 5.57. The van der Waals surface area contributed by atoms with Gasteiger partial charge in [-0.25, -0.2) is 18.0 Å². The molecule has 2 rings (SSSR count). The van der Waals surface area contributed by atoms with E-state index in [1.54, 1.807) is 0 Å². The number of hydrogen-bond acceptors (Lipinski definition) is 4. The molecule has 1 atom stereocenters.